The van der Waals surface area contributed by atoms with E-state index in [-0.39, 0.29) is 17.9 Å². The predicted molar refractivity (Wildman–Crippen MR) is 58.3 cm³/mol. The molecule has 1 aromatic carbocycles. The fourth-order valence-electron chi connectivity index (χ4n) is 1.19. The molecule has 0 aliphatic heterocycles. The maximum Gasteiger partial charge on any atom is 0.303 e. The highest BCUT2D eigenvalue weighted by Gasteiger charge is 2.14. The number of rotatable bonds is 4. The summed E-state index contributed by atoms with van der Waals surface area (Å²) in [5, 5.41) is 18.8. The molecule has 0 heterocycles. The summed E-state index contributed by atoms with van der Waals surface area (Å²) < 4.78 is 0. The second kappa shape index (κ2) is 5.35. The molecule has 0 aliphatic carbocycles. The molecule has 1 atom stereocenters. The van der Waals surface area contributed by atoms with Crippen LogP contribution in [-0.2, 0) is 4.79 Å². The Labute approximate surface area is 97.2 Å². The topological polar surface area (TPSA) is 57.5 Å². The molecule has 0 bridgehead atoms. The first-order valence-electron chi connectivity index (χ1n) is 4.36. The SMILES string of the molecule is O=C(O)CCC(O)c1cccc(Cl)c1Cl. The van der Waals surface area contributed by atoms with Gasteiger partial charge in [-0.2, -0.15) is 0 Å². The monoisotopic (exact) mass is 248 g/mol. The van der Waals surface area contributed by atoms with Crippen molar-refractivity contribution < 1.29 is 15.0 Å². The van der Waals surface area contributed by atoms with E-state index in [0.29, 0.717) is 10.6 Å². The normalized spacial score (nSPS) is 12.5. The van der Waals surface area contributed by atoms with Gasteiger partial charge in [-0.3, -0.25) is 4.79 Å². The number of hydrogen-bond acceptors (Lipinski definition) is 2. The molecule has 2 N–H and O–H groups in total. The van der Waals surface area contributed by atoms with E-state index in [4.69, 9.17) is 28.3 Å². The number of halogens is 2. The van der Waals surface area contributed by atoms with E-state index in [9.17, 15) is 9.90 Å². The number of carbonyl (C=O) groups is 1. The second-order valence-corrected chi connectivity index (χ2v) is 3.88. The molecule has 0 saturated carbocycles. The zero-order chi connectivity index (χ0) is 11.4. The Morgan fingerprint density at radius 1 is 1.40 bits per heavy atom. The molecule has 1 rings (SSSR count). The molecule has 0 amide bonds. The summed E-state index contributed by atoms with van der Waals surface area (Å²) in [4.78, 5) is 10.3. The van der Waals surface area contributed by atoms with Gasteiger partial charge in [0.2, 0.25) is 0 Å². The molecule has 0 radical (unpaired) electrons. The smallest absolute Gasteiger partial charge is 0.303 e. The van der Waals surface area contributed by atoms with Crippen molar-refractivity contribution in [1.82, 2.24) is 0 Å². The van der Waals surface area contributed by atoms with Gasteiger partial charge in [0.25, 0.3) is 0 Å². The maximum absolute atomic E-state index is 10.3. The number of carboxylic acid groups (broad SMARTS) is 1. The first kappa shape index (κ1) is 12.3. The quantitative estimate of drug-likeness (QED) is 0.862. The summed E-state index contributed by atoms with van der Waals surface area (Å²) in [7, 11) is 0. The Morgan fingerprint density at radius 2 is 2.07 bits per heavy atom. The van der Waals surface area contributed by atoms with Crippen LogP contribution < -0.4 is 0 Å². The first-order chi connectivity index (χ1) is 7.02. The zero-order valence-corrected chi connectivity index (χ0v) is 9.29. The minimum absolute atomic E-state index is 0.107. The molecule has 15 heavy (non-hydrogen) atoms. The standard InChI is InChI=1S/C10H10Cl2O3/c11-7-3-1-2-6(10(7)12)8(13)4-5-9(14)15/h1-3,8,13H,4-5H2,(H,14,15). The number of carboxylic acids is 1. The van der Waals surface area contributed by atoms with Crippen LogP contribution in [0, 0.1) is 0 Å². The lowest BCUT2D eigenvalue weighted by atomic mass is 10.1. The number of benzene rings is 1. The lowest BCUT2D eigenvalue weighted by Gasteiger charge is -2.12. The van der Waals surface area contributed by atoms with Gasteiger partial charge in [0.1, 0.15) is 0 Å². The van der Waals surface area contributed by atoms with Crippen LogP contribution >= 0.6 is 23.2 Å². The molecule has 1 aromatic rings. The third kappa shape index (κ3) is 3.38. The van der Waals surface area contributed by atoms with Crippen molar-refractivity contribution in [2.45, 2.75) is 18.9 Å². The number of aliphatic carboxylic acids is 1. The summed E-state index contributed by atoms with van der Waals surface area (Å²) in [6, 6.07) is 4.89. The largest absolute Gasteiger partial charge is 0.481 e. The minimum Gasteiger partial charge on any atom is -0.481 e. The number of aliphatic hydroxyl groups excluding tert-OH is 1. The fourth-order valence-corrected chi connectivity index (χ4v) is 1.63. The summed E-state index contributed by atoms with van der Waals surface area (Å²) in [5.74, 6) is -0.952. The van der Waals surface area contributed by atoms with Crippen LogP contribution in [0.1, 0.15) is 24.5 Å². The van der Waals surface area contributed by atoms with Crippen LogP contribution in [0.2, 0.25) is 10.0 Å². The van der Waals surface area contributed by atoms with Crippen LogP contribution in [0.5, 0.6) is 0 Å². The van der Waals surface area contributed by atoms with E-state index in [1.807, 2.05) is 0 Å². The Morgan fingerprint density at radius 3 is 2.67 bits per heavy atom. The summed E-state index contributed by atoms with van der Waals surface area (Å²) in [6.07, 6.45) is -0.883. The van der Waals surface area contributed by atoms with E-state index >= 15 is 0 Å². The molecule has 0 aromatic heterocycles. The van der Waals surface area contributed by atoms with Crippen molar-refractivity contribution in [3.63, 3.8) is 0 Å². The Kier molecular flexibility index (Phi) is 4.39. The molecular formula is C10H10Cl2O3. The van der Waals surface area contributed by atoms with Gasteiger partial charge in [0, 0.05) is 12.0 Å². The highest BCUT2D eigenvalue weighted by Crippen LogP contribution is 2.31. The lowest BCUT2D eigenvalue weighted by Crippen LogP contribution is -2.03. The third-order valence-corrected chi connectivity index (χ3v) is 2.81. The van der Waals surface area contributed by atoms with Gasteiger partial charge in [-0.15, -0.1) is 0 Å². The summed E-state index contributed by atoms with van der Waals surface area (Å²) >= 11 is 11.6. The summed E-state index contributed by atoms with van der Waals surface area (Å²) in [6.45, 7) is 0. The van der Waals surface area contributed by atoms with Gasteiger partial charge in [0.05, 0.1) is 16.1 Å². The summed E-state index contributed by atoms with van der Waals surface area (Å²) in [5.41, 5.74) is 0.463. The Hall–Kier alpha value is -0.770. The van der Waals surface area contributed by atoms with Gasteiger partial charge in [0.15, 0.2) is 0 Å². The first-order valence-corrected chi connectivity index (χ1v) is 5.11. The number of hydrogen-bond donors (Lipinski definition) is 2. The van der Waals surface area contributed by atoms with Gasteiger partial charge in [-0.05, 0) is 12.5 Å². The van der Waals surface area contributed by atoms with Crippen LogP contribution in [0.15, 0.2) is 18.2 Å². The maximum atomic E-state index is 10.3. The highest BCUT2D eigenvalue weighted by atomic mass is 35.5. The molecular weight excluding hydrogens is 239 g/mol. The molecule has 5 heteroatoms. The minimum atomic E-state index is -0.952. The van der Waals surface area contributed by atoms with Crippen LogP contribution in [-0.4, -0.2) is 16.2 Å². The zero-order valence-electron chi connectivity index (χ0n) is 7.78. The molecule has 0 fully saturated rings. The van der Waals surface area contributed by atoms with Crippen molar-refractivity contribution in [2.24, 2.45) is 0 Å². The van der Waals surface area contributed by atoms with Gasteiger partial charge < -0.3 is 10.2 Å². The third-order valence-electron chi connectivity index (χ3n) is 1.97. The molecule has 0 spiro atoms. The molecule has 0 aliphatic rings. The van der Waals surface area contributed by atoms with Crippen LogP contribution in [0.25, 0.3) is 0 Å². The van der Waals surface area contributed by atoms with E-state index in [1.54, 1.807) is 18.2 Å². The van der Waals surface area contributed by atoms with Crippen molar-refractivity contribution >= 4 is 29.2 Å². The van der Waals surface area contributed by atoms with E-state index in [1.165, 1.54) is 0 Å². The second-order valence-electron chi connectivity index (χ2n) is 3.09. The molecule has 1 unspecified atom stereocenters. The molecule has 3 nitrogen and oxygen atoms in total. The average molecular weight is 249 g/mol. The molecule has 0 saturated heterocycles. The fraction of sp³-hybridized carbons (Fsp3) is 0.300. The van der Waals surface area contributed by atoms with Crippen molar-refractivity contribution in [1.29, 1.82) is 0 Å². The average Bonchev–Trinajstić information content (AvgIpc) is 2.18. The van der Waals surface area contributed by atoms with Gasteiger partial charge in [-0.25, -0.2) is 0 Å². The number of aliphatic hydroxyl groups is 1. The lowest BCUT2D eigenvalue weighted by molar-refractivity contribution is -0.137. The van der Waals surface area contributed by atoms with Gasteiger partial charge in [-0.1, -0.05) is 35.3 Å². The van der Waals surface area contributed by atoms with Crippen LogP contribution in [0.3, 0.4) is 0 Å². The Balaban J connectivity index is 2.77. The van der Waals surface area contributed by atoms with Crippen molar-refractivity contribution in [3.05, 3.63) is 33.8 Å². The highest BCUT2D eigenvalue weighted by molar-refractivity contribution is 6.42. The van der Waals surface area contributed by atoms with Crippen molar-refractivity contribution in [3.8, 4) is 0 Å². The van der Waals surface area contributed by atoms with E-state index in [2.05, 4.69) is 0 Å². The molecule has 82 valence electrons. The van der Waals surface area contributed by atoms with E-state index < -0.39 is 12.1 Å². The predicted octanol–water partition coefficient (Wildman–Crippen LogP) is 2.89. The van der Waals surface area contributed by atoms with Crippen LogP contribution in [0.4, 0.5) is 0 Å². The van der Waals surface area contributed by atoms with E-state index in [0.717, 1.165) is 0 Å². The van der Waals surface area contributed by atoms with Gasteiger partial charge >= 0.3 is 5.97 Å². The van der Waals surface area contributed by atoms with Crippen molar-refractivity contribution in [2.75, 3.05) is 0 Å². The Bertz CT molecular complexity index is 366.